The molecule has 4 heterocycles. The van der Waals surface area contributed by atoms with Crippen LogP contribution in [0.25, 0.3) is 9.40 Å². The van der Waals surface area contributed by atoms with Crippen molar-refractivity contribution in [1.29, 1.82) is 0 Å². The van der Waals surface area contributed by atoms with Gasteiger partial charge in [0.25, 0.3) is 11.8 Å². The molecule has 2 amide bonds. The van der Waals surface area contributed by atoms with Crippen LogP contribution in [0.5, 0.6) is 0 Å². The molecule has 0 aliphatic carbocycles. The predicted octanol–water partition coefficient (Wildman–Crippen LogP) is 2.98. The Labute approximate surface area is 222 Å². The Hall–Kier alpha value is -3.12. The minimum absolute atomic E-state index is 0.0493. The molecule has 11 heteroatoms. The van der Waals surface area contributed by atoms with Gasteiger partial charge in [0.2, 0.25) is 0 Å². The highest BCUT2D eigenvalue weighted by Gasteiger charge is 2.31. The molecule has 3 aromatic rings. The number of fused-ring (bicyclic) bond motifs is 2. The molecule has 1 fully saturated rings. The molecule has 1 aromatic carbocycles. The van der Waals surface area contributed by atoms with Gasteiger partial charge in [0.15, 0.2) is 0 Å². The molecule has 0 spiro atoms. The summed E-state index contributed by atoms with van der Waals surface area (Å²) in [5.74, 6) is -1.52. The number of nitrogens with one attached hydrogen (secondary N) is 3. The molecule has 194 valence electrons. The topological polar surface area (TPSA) is 146 Å². The van der Waals surface area contributed by atoms with Crippen LogP contribution in [0.4, 0.5) is 5.69 Å². The zero-order valence-corrected chi connectivity index (χ0v) is 21.8. The van der Waals surface area contributed by atoms with E-state index in [2.05, 4.69) is 27.0 Å². The third kappa shape index (κ3) is 5.74. The minimum Gasteiger partial charge on any atom is -0.480 e. The number of aliphatic imine (C=N–C) groups is 1. The van der Waals surface area contributed by atoms with Crippen LogP contribution in [-0.2, 0) is 16.0 Å². The Balaban J connectivity index is 1.16. The lowest BCUT2D eigenvalue weighted by Gasteiger charge is -2.22. The molecule has 0 saturated carbocycles. The zero-order chi connectivity index (χ0) is 25.9. The van der Waals surface area contributed by atoms with Gasteiger partial charge in [0.1, 0.15) is 11.8 Å². The summed E-state index contributed by atoms with van der Waals surface area (Å²) in [5, 5.41) is 19.1. The van der Waals surface area contributed by atoms with E-state index in [4.69, 9.17) is 5.73 Å². The largest absolute Gasteiger partial charge is 0.480 e. The second kappa shape index (κ2) is 11.1. The molecule has 5 rings (SSSR count). The summed E-state index contributed by atoms with van der Waals surface area (Å²) in [6.45, 7) is 1.94. The molecule has 2 atom stereocenters. The van der Waals surface area contributed by atoms with Gasteiger partial charge in [0, 0.05) is 22.4 Å². The number of carbonyl (C=O) groups is 3. The highest BCUT2D eigenvalue weighted by atomic mass is 32.2. The number of aliphatic carboxylic acids is 1. The summed E-state index contributed by atoms with van der Waals surface area (Å²) in [5.41, 5.74) is 7.47. The smallest absolute Gasteiger partial charge is 0.328 e. The van der Waals surface area contributed by atoms with Crippen molar-refractivity contribution in [2.75, 3.05) is 19.6 Å². The number of nitrogens with two attached hydrogens (primary N) is 1. The maximum atomic E-state index is 12.7. The van der Waals surface area contributed by atoms with Crippen molar-refractivity contribution >= 4 is 61.3 Å². The Morgan fingerprint density at radius 3 is 2.65 bits per heavy atom. The van der Waals surface area contributed by atoms with Crippen LogP contribution in [-0.4, -0.2) is 54.3 Å². The van der Waals surface area contributed by atoms with Crippen molar-refractivity contribution in [3.05, 3.63) is 51.7 Å². The van der Waals surface area contributed by atoms with Gasteiger partial charge in [-0.15, -0.1) is 22.7 Å². The molecule has 0 radical (unpaired) electrons. The normalized spacial score (nSPS) is 18.3. The maximum absolute atomic E-state index is 12.7. The number of piperidine rings is 1. The second-order valence-electron chi connectivity index (χ2n) is 9.41. The second-order valence-corrected chi connectivity index (χ2v) is 11.9. The van der Waals surface area contributed by atoms with Crippen LogP contribution in [0.3, 0.4) is 0 Å². The van der Waals surface area contributed by atoms with Gasteiger partial charge in [-0.05, 0) is 62.9 Å². The Bertz CT molecular complexity index is 1330. The molecular formula is C26H29N5O4S2. The summed E-state index contributed by atoms with van der Waals surface area (Å²) >= 11 is 3.12. The molecule has 6 N–H and O–H groups in total. The number of benzene rings is 1. The van der Waals surface area contributed by atoms with E-state index >= 15 is 0 Å². The van der Waals surface area contributed by atoms with E-state index < -0.39 is 24.0 Å². The summed E-state index contributed by atoms with van der Waals surface area (Å²) in [7, 11) is 0. The number of hydrogen-bond acceptors (Lipinski definition) is 8. The van der Waals surface area contributed by atoms with E-state index in [0.29, 0.717) is 16.1 Å². The van der Waals surface area contributed by atoms with E-state index in [1.54, 1.807) is 35.6 Å². The minimum atomic E-state index is -1.32. The molecule has 2 aliphatic rings. The number of thiophene rings is 2. The van der Waals surface area contributed by atoms with Crippen molar-refractivity contribution in [2.45, 2.75) is 37.8 Å². The van der Waals surface area contributed by atoms with Crippen LogP contribution in [0, 0.1) is 5.92 Å². The van der Waals surface area contributed by atoms with Crippen molar-refractivity contribution in [1.82, 2.24) is 16.0 Å². The molecule has 9 nitrogen and oxygen atoms in total. The Morgan fingerprint density at radius 1 is 1.14 bits per heavy atom. The Morgan fingerprint density at radius 2 is 1.92 bits per heavy atom. The summed E-state index contributed by atoms with van der Waals surface area (Å²) in [4.78, 5) is 43.3. The van der Waals surface area contributed by atoms with Crippen molar-refractivity contribution < 1.29 is 19.5 Å². The third-order valence-corrected chi connectivity index (χ3v) is 9.31. The molecule has 2 unspecified atom stereocenters. The highest BCUT2D eigenvalue weighted by Crippen LogP contribution is 2.35. The number of amides is 2. The third-order valence-electron chi connectivity index (χ3n) is 6.86. The first-order chi connectivity index (χ1) is 17.9. The van der Waals surface area contributed by atoms with Gasteiger partial charge in [-0.3, -0.25) is 9.59 Å². The van der Waals surface area contributed by atoms with Crippen LogP contribution in [0.15, 0.2) is 41.4 Å². The lowest BCUT2D eigenvalue weighted by molar-refractivity contribution is -0.140. The summed E-state index contributed by atoms with van der Waals surface area (Å²) in [6.07, 6.45) is 4.71. The van der Waals surface area contributed by atoms with Gasteiger partial charge >= 0.3 is 5.97 Å². The number of nitrogens with zero attached hydrogens (tertiary/aromatic N) is 1. The van der Waals surface area contributed by atoms with Crippen molar-refractivity contribution in [3.63, 3.8) is 0 Å². The monoisotopic (exact) mass is 539 g/mol. The van der Waals surface area contributed by atoms with E-state index in [1.807, 2.05) is 6.07 Å². The first kappa shape index (κ1) is 25.5. The highest BCUT2D eigenvalue weighted by molar-refractivity contribution is 7.39. The molecule has 2 aromatic heterocycles. The first-order valence-electron chi connectivity index (χ1n) is 12.4. The maximum Gasteiger partial charge on any atom is 0.328 e. The average Bonchev–Trinajstić information content (AvgIpc) is 3.57. The molecule has 37 heavy (non-hydrogen) atoms. The lowest BCUT2D eigenvalue weighted by atomic mass is 9.93. The fourth-order valence-corrected chi connectivity index (χ4v) is 7.17. The SMILES string of the molecule is NC1C(C(=O)NC(CNC(=O)c2cc3cc(CCC4CCNCC4)sc3s2)C(=O)O)=Nc2ccccc21. The zero-order valence-electron chi connectivity index (χ0n) is 20.2. The van der Waals surface area contributed by atoms with Gasteiger partial charge in [-0.25, -0.2) is 9.79 Å². The van der Waals surface area contributed by atoms with Gasteiger partial charge in [-0.2, -0.15) is 0 Å². The average molecular weight is 540 g/mol. The van der Waals surface area contributed by atoms with Crippen LogP contribution >= 0.6 is 22.7 Å². The number of para-hydroxylation sites is 1. The number of hydrogen-bond donors (Lipinski definition) is 5. The molecule has 0 bridgehead atoms. The van der Waals surface area contributed by atoms with E-state index in [1.165, 1.54) is 35.5 Å². The van der Waals surface area contributed by atoms with Gasteiger partial charge in [-0.1, -0.05) is 18.2 Å². The first-order valence-corrected chi connectivity index (χ1v) is 14.0. The van der Waals surface area contributed by atoms with Gasteiger partial charge in [0.05, 0.1) is 20.6 Å². The molecular weight excluding hydrogens is 510 g/mol. The predicted molar refractivity (Wildman–Crippen MR) is 146 cm³/mol. The number of aryl methyl sites for hydroxylation is 1. The van der Waals surface area contributed by atoms with Crippen LogP contribution in [0.2, 0.25) is 0 Å². The lowest BCUT2D eigenvalue weighted by Crippen LogP contribution is -2.51. The number of carboxylic acid groups (broad SMARTS) is 1. The standard InChI is InChI=1S/C26H29N5O4S2/c27-21-17-3-1-2-4-18(17)30-22(21)24(33)31-19(25(34)35)13-29-23(32)20-12-15-11-16(36-26(15)37-20)6-5-14-7-9-28-10-8-14/h1-4,11-12,14,19,21,28H,5-10,13,27H2,(H,29,32)(H,31,33)(H,34,35). The van der Waals surface area contributed by atoms with Crippen LogP contribution < -0.4 is 21.7 Å². The number of carbonyl (C=O) groups excluding carboxylic acids is 2. The summed E-state index contributed by atoms with van der Waals surface area (Å²) < 4.78 is 1.08. The van der Waals surface area contributed by atoms with Crippen LogP contribution in [0.1, 0.15) is 45.4 Å². The van der Waals surface area contributed by atoms with E-state index in [-0.39, 0.29) is 18.2 Å². The molecule has 2 aliphatic heterocycles. The van der Waals surface area contributed by atoms with Gasteiger partial charge < -0.3 is 26.8 Å². The number of rotatable bonds is 9. The van der Waals surface area contributed by atoms with E-state index in [9.17, 15) is 19.5 Å². The quantitative estimate of drug-likeness (QED) is 0.283. The Kier molecular flexibility index (Phi) is 7.65. The fraction of sp³-hybridized carbons (Fsp3) is 0.385. The fourth-order valence-electron chi connectivity index (χ4n) is 4.75. The number of carboxylic acids is 1. The summed E-state index contributed by atoms with van der Waals surface area (Å²) in [6, 6.07) is 9.05. The van der Waals surface area contributed by atoms with Crippen molar-refractivity contribution in [2.24, 2.45) is 16.6 Å². The molecule has 1 saturated heterocycles. The van der Waals surface area contributed by atoms with E-state index in [0.717, 1.165) is 34.8 Å². The van der Waals surface area contributed by atoms with Crippen molar-refractivity contribution in [3.8, 4) is 0 Å².